The van der Waals surface area contributed by atoms with Gasteiger partial charge in [0.05, 0.1) is 11.6 Å². The second-order valence-corrected chi connectivity index (χ2v) is 12.4. The zero-order valence-electron chi connectivity index (χ0n) is 21.3. The average Bonchev–Trinajstić information content (AvgIpc) is 3.32. The highest BCUT2D eigenvalue weighted by Crippen LogP contribution is 2.37. The number of pyridine rings is 1. The number of hydrogen-bond acceptors (Lipinski definition) is 5. The van der Waals surface area contributed by atoms with Crippen molar-refractivity contribution in [2.24, 2.45) is 0 Å². The highest BCUT2D eigenvalue weighted by Gasteiger charge is 2.45. The van der Waals surface area contributed by atoms with E-state index in [4.69, 9.17) is 4.98 Å². The SMILES string of the molecule is CCc1ccc(C2CCN(c3nc4ccccc4cc3S(=O)(=O)N3CCC[C@@H]4NC(=O)C[C@@H]43)CC2)cc1. The average molecular weight is 519 g/mol. The summed E-state index contributed by atoms with van der Waals surface area (Å²) in [4.78, 5) is 19.5. The van der Waals surface area contributed by atoms with E-state index in [0.717, 1.165) is 56.1 Å². The van der Waals surface area contributed by atoms with Crippen molar-refractivity contribution in [2.45, 2.75) is 68.3 Å². The summed E-state index contributed by atoms with van der Waals surface area (Å²) in [6.07, 6.45) is 4.71. The lowest BCUT2D eigenvalue weighted by Crippen LogP contribution is -2.51. The molecule has 1 N–H and O–H groups in total. The minimum atomic E-state index is -3.85. The number of sulfonamides is 1. The van der Waals surface area contributed by atoms with Gasteiger partial charge in [-0.2, -0.15) is 4.31 Å². The maximum Gasteiger partial charge on any atom is 0.247 e. The van der Waals surface area contributed by atoms with Gasteiger partial charge >= 0.3 is 0 Å². The fraction of sp³-hybridized carbons (Fsp3) is 0.448. The maximum absolute atomic E-state index is 14.2. The van der Waals surface area contributed by atoms with E-state index in [9.17, 15) is 13.2 Å². The summed E-state index contributed by atoms with van der Waals surface area (Å²) < 4.78 is 30.0. The Morgan fingerprint density at radius 1 is 1.00 bits per heavy atom. The van der Waals surface area contributed by atoms with Crippen LogP contribution in [0.25, 0.3) is 10.9 Å². The normalized spacial score (nSPS) is 23.3. The smallest absolute Gasteiger partial charge is 0.247 e. The minimum absolute atomic E-state index is 0.0667. The van der Waals surface area contributed by atoms with Crippen LogP contribution in [0.5, 0.6) is 0 Å². The molecule has 7 nitrogen and oxygen atoms in total. The Morgan fingerprint density at radius 2 is 1.76 bits per heavy atom. The topological polar surface area (TPSA) is 82.6 Å². The van der Waals surface area contributed by atoms with Crippen molar-refractivity contribution in [3.8, 4) is 0 Å². The van der Waals surface area contributed by atoms with Gasteiger partial charge in [-0.1, -0.05) is 49.4 Å². The van der Waals surface area contributed by atoms with Gasteiger partial charge in [0, 0.05) is 37.5 Å². The number of carbonyl (C=O) groups is 1. The quantitative estimate of drug-likeness (QED) is 0.547. The number of aromatic nitrogens is 1. The predicted molar refractivity (Wildman–Crippen MR) is 145 cm³/mol. The van der Waals surface area contributed by atoms with Crippen LogP contribution in [0, 0.1) is 0 Å². The number of rotatable bonds is 5. The fourth-order valence-corrected chi connectivity index (χ4v) is 8.15. The third-order valence-corrected chi connectivity index (χ3v) is 10.3. The van der Waals surface area contributed by atoms with Gasteiger partial charge < -0.3 is 10.2 Å². The molecule has 3 aromatic rings. The van der Waals surface area contributed by atoms with E-state index in [1.54, 1.807) is 10.4 Å². The van der Waals surface area contributed by atoms with Crippen LogP contribution in [0.1, 0.15) is 56.1 Å². The summed E-state index contributed by atoms with van der Waals surface area (Å²) in [7, 11) is -3.85. The lowest BCUT2D eigenvalue weighted by molar-refractivity contribution is -0.119. The molecular weight excluding hydrogens is 484 g/mol. The summed E-state index contributed by atoms with van der Waals surface area (Å²) in [5.74, 6) is 0.932. The summed E-state index contributed by atoms with van der Waals surface area (Å²) >= 11 is 0. The van der Waals surface area contributed by atoms with Crippen LogP contribution in [0.4, 0.5) is 5.82 Å². The molecule has 0 aliphatic carbocycles. The molecule has 2 aromatic carbocycles. The molecule has 0 spiro atoms. The predicted octanol–water partition coefficient (Wildman–Crippen LogP) is 4.22. The minimum Gasteiger partial charge on any atom is -0.355 e. The third kappa shape index (κ3) is 4.50. The monoisotopic (exact) mass is 518 g/mol. The number of aryl methyl sites for hydroxylation is 1. The van der Waals surface area contributed by atoms with E-state index < -0.39 is 10.0 Å². The van der Waals surface area contributed by atoms with E-state index in [1.807, 2.05) is 24.3 Å². The summed E-state index contributed by atoms with van der Waals surface area (Å²) in [5.41, 5.74) is 3.49. The Morgan fingerprint density at radius 3 is 2.51 bits per heavy atom. The Kier molecular flexibility index (Phi) is 6.41. The van der Waals surface area contributed by atoms with Crippen molar-refractivity contribution in [1.82, 2.24) is 14.6 Å². The molecule has 3 saturated heterocycles. The molecule has 37 heavy (non-hydrogen) atoms. The van der Waals surface area contributed by atoms with Gasteiger partial charge in [-0.15, -0.1) is 0 Å². The fourth-order valence-electron chi connectivity index (χ4n) is 6.27. The van der Waals surface area contributed by atoms with Crippen molar-refractivity contribution >= 4 is 32.7 Å². The lowest BCUT2D eigenvalue weighted by atomic mass is 9.89. The summed E-state index contributed by atoms with van der Waals surface area (Å²) in [6, 6.07) is 18.0. The van der Waals surface area contributed by atoms with Crippen LogP contribution in [0.15, 0.2) is 59.5 Å². The Balaban J connectivity index is 1.33. The lowest BCUT2D eigenvalue weighted by Gasteiger charge is -2.38. The van der Waals surface area contributed by atoms with Crippen molar-refractivity contribution in [3.05, 3.63) is 65.7 Å². The first-order chi connectivity index (χ1) is 17.9. The van der Waals surface area contributed by atoms with Gasteiger partial charge in [0.1, 0.15) is 10.7 Å². The van der Waals surface area contributed by atoms with Crippen molar-refractivity contribution in [1.29, 1.82) is 0 Å². The molecule has 0 bridgehead atoms. The van der Waals surface area contributed by atoms with Gasteiger partial charge in [0.15, 0.2) is 0 Å². The highest BCUT2D eigenvalue weighted by molar-refractivity contribution is 7.89. The van der Waals surface area contributed by atoms with E-state index in [2.05, 4.69) is 41.4 Å². The van der Waals surface area contributed by atoms with Gasteiger partial charge in [-0.25, -0.2) is 13.4 Å². The van der Waals surface area contributed by atoms with Crippen molar-refractivity contribution in [3.63, 3.8) is 0 Å². The summed E-state index contributed by atoms with van der Waals surface area (Å²) in [6.45, 7) is 4.10. The summed E-state index contributed by atoms with van der Waals surface area (Å²) in [5, 5.41) is 3.78. The standard InChI is InChI=1S/C29H34N4O3S/c1-2-20-9-11-21(12-10-20)22-13-16-32(17-14-22)29-27(18-23-6-3-4-7-24(23)31-29)37(35,36)33-15-5-8-25-26(33)19-28(34)30-25/h3-4,6-7,9-12,18,22,25-26H,2,5,8,13-17,19H2,1H3,(H,30,34)/t25-,26-/m0/s1. The second-order valence-electron chi connectivity index (χ2n) is 10.6. The molecule has 0 saturated carbocycles. The first kappa shape index (κ1) is 24.4. The number of hydrogen-bond donors (Lipinski definition) is 1. The number of piperidine rings is 2. The van der Waals surface area contributed by atoms with Crippen molar-refractivity contribution in [2.75, 3.05) is 24.5 Å². The van der Waals surface area contributed by atoms with Crippen LogP contribution in [-0.4, -0.2) is 55.3 Å². The Bertz CT molecular complexity index is 1410. The van der Waals surface area contributed by atoms with Crippen LogP contribution in [0.3, 0.4) is 0 Å². The second kappa shape index (κ2) is 9.72. The molecular formula is C29H34N4O3S. The number of nitrogens with zero attached hydrogens (tertiary/aromatic N) is 3. The Hall–Kier alpha value is -2.97. The third-order valence-electron chi connectivity index (χ3n) is 8.38. The number of nitrogens with one attached hydrogen (secondary N) is 1. The van der Waals surface area contributed by atoms with Gasteiger partial charge in [0.25, 0.3) is 0 Å². The van der Waals surface area contributed by atoms with E-state index in [1.165, 1.54) is 11.1 Å². The van der Waals surface area contributed by atoms with E-state index >= 15 is 0 Å². The molecule has 8 heteroatoms. The van der Waals surface area contributed by atoms with Gasteiger partial charge in [-0.05, 0) is 61.3 Å². The molecule has 1 amide bonds. The largest absolute Gasteiger partial charge is 0.355 e. The number of carbonyl (C=O) groups excluding carboxylic acids is 1. The molecule has 3 aliphatic rings. The number of amides is 1. The first-order valence-electron chi connectivity index (χ1n) is 13.5. The number of para-hydroxylation sites is 1. The molecule has 3 fully saturated rings. The Labute approximate surface area is 218 Å². The zero-order chi connectivity index (χ0) is 25.6. The highest BCUT2D eigenvalue weighted by atomic mass is 32.2. The van der Waals surface area contributed by atoms with Gasteiger partial charge in [0.2, 0.25) is 15.9 Å². The first-order valence-corrected chi connectivity index (χ1v) is 14.9. The molecule has 6 rings (SSSR count). The molecule has 3 aliphatic heterocycles. The van der Waals surface area contributed by atoms with Crippen LogP contribution < -0.4 is 10.2 Å². The van der Waals surface area contributed by atoms with Crippen LogP contribution >= 0.6 is 0 Å². The van der Waals surface area contributed by atoms with E-state index in [-0.39, 0.29) is 29.3 Å². The molecule has 1 aromatic heterocycles. The zero-order valence-corrected chi connectivity index (χ0v) is 22.1. The maximum atomic E-state index is 14.2. The molecule has 4 heterocycles. The number of anilines is 1. The van der Waals surface area contributed by atoms with Gasteiger partial charge in [-0.3, -0.25) is 4.79 Å². The molecule has 2 atom stereocenters. The molecule has 194 valence electrons. The number of fused-ring (bicyclic) bond motifs is 2. The van der Waals surface area contributed by atoms with E-state index in [0.29, 0.717) is 18.3 Å². The van der Waals surface area contributed by atoms with Crippen LogP contribution in [0.2, 0.25) is 0 Å². The number of benzene rings is 2. The van der Waals surface area contributed by atoms with Crippen molar-refractivity contribution < 1.29 is 13.2 Å². The van der Waals surface area contributed by atoms with Crippen LogP contribution in [-0.2, 0) is 21.2 Å². The molecule has 0 unspecified atom stereocenters. The molecule has 0 radical (unpaired) electrons.